The quantitative estimate of drug-likeness (QED) is 0.461. The van der Waals surface area contributed by atoms with Crippen molar-refractivity contribution in [3.8, 4) is 0 Å². The summed E-state index contributed by atoms with van der Waals surface area (Å²) < 4.78 is 4.79. The Morgan fingerprint density at radius 3 is 2.64 bits per heavy atom. The van der Waals surface area contributed by atoms with Crippen LogP contribution in [0.3, 0.4) is 0 Å². The lowest BCUT2D eigenvalue weighted by atomic mass is 10.2. The fraction of sp³-hybridized carbons (Fsp3) is 0.667. The Bertz CT molecular complexity index is 136. The van der Waals surface area contributed by atoms with Crippen LogP contribution in [0.4, 0.5) is 0 Å². The molecule has 0 rings (SSSR count). The molecule has 0 unspecified atom stereocenters. The molecule has 0 atom stereocenters. The third kappa shape index (κ3) is 5.64. The van der Waals surface area contributed by atoms with Crippen molar-refractivity contribution in [2.75, 3.05) is 0 Å². The van der Waals surface area contributed by atoms with E-state index >= 15 is 0 Å². The number of ether oxygens (including phenoxy) is 1. The summed E-state index contributed by atoms with van der Waals surface area (Å²) in [6.45, 7) is 5.71. The minimum Gasteiger partial charge on any atom is -0.435 e. The zero-order chi connectivity index (χ0) is 8.69. The van der Waals surface area contributed by atoms with Crippen LogP contribution in [-0.4, -0.2) is 5.97 Å². The van der Waals surface area contributed by atoms with Gasteiger partial charge in [0.15, 0.2) is 0 Å². The van der Waals surface area contributed by atoms with Crippen LogP contribution >= 0.6 is 0 Å². The highest BCUT2D eigenvalue weighted by molar-refractivity contribution is 5.72. The molecule has 0 bridgehead atoms. The van der Waals surface area contributed by atoms with Gasteiger partial charge in [-0.3, -0.25) is 4.79 Å². The zero-order valence-corrected chi connectivity index (χ0v) is 7.46. The zero-order valence-electron chi connectivity index (χ0n) is 7.46. The van der Waals surface area contributed by atoms with Gasteiger partial charge >= 0.3 is 5.97 Å². The maximum atomic E-state index is 10.8. The molecule has 0 aromatic carbocycles. The molecule has 0 aliphatic rings. The maximum absolute atomic E-state index is 10.8. The Balaban J connectivity index is 3.45. The highest BCUT2D eigenvalue weighted by atomic mass is 16.5. The molecule has 0 fully saturated rings. The Morgan fingerprint density at radius 1 is 1.55 bits per heavy atom. The standard InChI is InChI=1S/C9H16O2/c1-4-5-6-7-11-9(10)8(2)3/h6-8H,4-5H2,1-3H3/b7-6+. The minimum atomic E-state index is -0.169. The highest BCUT2D eigenvalue weighted by Crippen LogP contribution is 1.97. The fourth-order valence-electron chi connectivity index (χ4n) is 0.486. The molecule has 0 aromatic rings. The van der Waals surface area contributed by atoms with Crippen molar-refractivity contribution in [3.63, 3.8) is 0 Å². The first-order chi connectivity index (χ1) is 5.18. The van der Waals surface area contributed by atoms with E-state index in [0.717, 1.165) is 12.8 Å². The van der Waals surface area contributed by atoms with Gasteiger partial charge in [0.25, 0.3) is 0 Å². The van der Waals surface area contributed by atoms with E-state index in [1.54, 1.807) is 0 Å². The largest absolute Gasteiger partial charge is 0.435 e. The average molecular weight is 156 g/mol. The lowest BCUT2D eigenvalue weighted by molar-refractivity contribution is -0.141. The van der Waals surface area contributed by atoms with Crippen molar-refractivity contribution in [2.45, 2.75) is 33.6 Å². The van der Waals surface area contributed by atoms with Crippen LogP contribution in [0.25, 0.3) is 0 Å². The summed E-state index contributed by atoms with van der Waals surface area (Å²) >= 11 is 0. The van der Waals surface area contributed by atoms with E-state index in [2.05, 4.69) is 6.92 Å². The van der Waals surface area contributed by atoms with Crippen LogP contribution in [0.5, 0.6) is 0 Å². The minimum absolute atomic E-state index is 0.0405. The Labute approximate surface area is 68.2 Å². The first-order valence-corrected chi connectivity index (χ1v) is 4.04. The lowest BCUT2D eigenvalue weighted by Crippen LogP contribution is -2.07. The normalized spacial score (nSPS) is 10.9. The molecule has 2 nitrogen and oxygen atoms in total. The topological polar surface area (TPSA) is 26.3 Å². The second kappa shape index (κ2) is 5.96. The van der Waals surface area contributed by atoms with Gasteiger partial charge in [0.1, 0.15) is 0 Å². The van der Waals surface area contributed by atoms with Crippen molar-refractivity contribution in [1.82, 2.24) is 0 Å². The summed E-state index contributed by atoms with van der Waals surface area (Å²) in [7, 11) is 0. The molecule has 0 heterocycles. The number of allylic oxidation sites excluding steroid dienone is 1. The number of unbranched alkanes of at least 4 members (excludes halogenated alkanes) is 1. The van der Waals surface area contributed by atoms with Crippen LogP contribution in [0.15, 0.2) is 12.3 Å². The van der Waals surface area contributed by atoms with Crippen molar-refractivity contribution < 1.29 is 9.53 Å². The van der Waals surface area contributed by atoms with Gasteiger partial charge in [-0.05, 0) is 12.5 Å². The summed E-state index contributed by atoms with van der Waals surface area (Å²) in [5, 5.41) is 0. The number of hydrogen-bond acceptors (Lipinski definition) is 2. The van der Waals surface area contributed by atoms with E-state index in [1.165, 1.54) is 6.26 Å². The predicted molar refractivity (Wildman–Crippen MR) is 45.0 cm³/mol. The van der Waals surface area contributed by atoms with Gasteiger partial charge < -0.3 is 4.74 Å². The van der Waals surface area contributed by atoms with E-state index in [0.29, 0.717) is 0 Å². The highest BCUT2D eigenvalue weighted by Gasteiger charge is 2.04. The first kappa shape index (κ1) is 10.2. The van der Waals surface area contributed by atoms with Crippen LogP contribution in [0.1, 0.15) is 33.6 Å². The first-order valence-electron chi connectivity index (χ1n) is 4.04. The Hall–Kier alpha value is -0.790. The Morgan fingerprint density at radius 2 is 2.18 bits per heavy atom. The molecule has 0 spiro atoms. The van der Waals surface area contributed by atoms with Crippen molar-refractivity contribution in [3.05, 3.63) is 12.3 Å². The van der Waals surface area contributed by atoms with Crippen molar-refractivity contribution >= 4 is 5.97 Å². The number of rotatable bonds is 4. The molecule has 0 saturated carbocycles. The number of carbonyl (C=O) groups is 1. The molecule has 64 valence electrons. The van der Waals surface area contributed by atoms with Gasteiger partial charge in [-0.1, -0.05) is 27.2 Å². The molecule has 0 aliphatic heterocycles. The predicted octanol–water partition coefficient (Wildman–Crippen LogP) is 2.50. The van der Waals surface area contributed by atoms with Crippen LogP contribution in [0.2, 0.25) is 0 Å². The molecule has 0 radical (unpaired) electrons. The van der Waals surface area contributed by atoms with E-state index in [4.69, 9.17) is 4.74 Å². The SMILES string of the molecule is CCC/C=C/OC(=O)C(C)C. The second-order valence-corrected chi connectivity index (χ2v) is 2.75. The van der Waals surface area contributed by atoms with Crippen LogP contribution in [-0.2, 0) is 9.53 Å². The van der Waals surface area contributed by atoms with E-state index < -0.39 is 0 Å². The molecule has 0 amide bonds. The van der Waals surface area contributed by atoms with Gasteiger partial charge in [0.05, 0.1) is 12.2 Å². The van der Waals surface area contributed by atoms with E-state index in [1.807, 2.05) is 19.9 Å². The smallest absolute Gasteiger partial charge is 0.313 e. The lowest BCUT2D eigenvalue weighted by Gasteiger charge is -2.00. The molecule has 0 aromatic heterocycles. The molecule has 0 saturated heterocycles. The van der Waals surface area contributed by atoms with Crippen molar-refractivity contribution in [2.24, 2.45) is 5.92 Å². The monoisotopic (exact) mass is 156 g/mol. The molecule has 0 N–H and O–H groups in total. The van der Waals surface area contributed by atoms with Gasteiger partial charge in [-0.15, -0.1) is 0 Å². The summed E-state index contributed by atoms with van der Waals surface area (Å²) in [5.74, 6) is -0.210. The molecular formula is C9H16O2. The molecular weight excluding hydrogens is 140 g/mol. The van der Waals surface area contributed by atoms with Gasteiger partial charge in [0, 0.05) is 0 Å². The van der Waals surface area contributed by atoms with Crippen molar-refractivity contribution in [1.29, 1.82) is 0 Å². The maximum Gasteiger partial charge on any atom is 0.313 e. The van der Waals surface area contributed by atoms with Crippen LogP contribution < -0.4 is 0 Å². The van der Waals surface area contributed by atoms with E-state index in [-0.39, 0.29) is 11.9 Å². The summed E-state index contributed by atoms with van der Waals surface area (Å²) in [6.07, 6.45) is 5.38. The molecule has 2 heteroatoms. The van der Waals surface area contributed by atoms with E-state index in [9.17, 15) is 4.79 Å². The Kier molecular flexibility index (Phi) is 5.53. The summed E-state index contributed by atoms with van der Waals surface area (Å²) in [4.78, 5) is 10.8. The van der Waals surface area contributed by atoms with Gasteiger partial charge in [-0.25, -0.2) is 0 Å². The molecule has 11 heavy (non-hydrogen) atoms. The second-order valence-electron chi connectivity index (χ2n) is 2.75. The number of carbonyl (C=O) groups excluding carboxylic acids is 1. The third-order valence-electron chi connectivity index (χ3n) is 1.21. The summed E-state index contributed by atoms with van der Waals surface area (Å²) in [6, 6.07) is 0. The fourth-order valence-corrected chi connectivity index (χ4v) is 0.486. The van der Waals surface area contributed by atoms with Crippen LogP contribution in [0, 0.1) is 5.92 Å². The number of esters is 1. The average Bonchev–Trinajstić information content (AvgIpc) is 1.97. The number of hydrogen-bond donors (Lipinski definition) is 0. The van der Waals surface area contributed by atoms with Gasteiger partial charge in [-0.2, -0.15) is 0 Å². The third-order valence-corrected chi connectivity index (χ3v) is 1.21. The molecule has 0 aliphatic carbocycles. The summed E-state index contributed by atoms with van der Waals surface area (Å²) in [5.41, 5.74) is 0. The van der Waals surface area contributed by atoms with Gasteiger partial charge in [0.2, 0.25) is 0 Å².